The van der Waals surface area contributed by atoms with E-state index in [0.29, 0.717) is 11.9 Å². The number of halogens is 3. The maximum absolute atomic E-state index is 13.0. The SMILES string of the molecule is O=C(c1cccc2cccnc12)N(C[C@H]1CC=CCC1)CC(F)(F)F. The number of hydrogen-bond acceptors (Lipinski definition) is 2. The van der Waals surface area contributed by atoms with Crippen molar-refractivity contribution in [1.82, 2.24) is 9.88 Å². The molecule has 0 saturated carbocycles. The van der Waals surface area contributed by atoms with Crippen molar-refractivity contribution >= 4 is 16.8 Å². The second-order valence-corrected chi connectivity index (χ2v) is 6.33. The van der Waals surface area contributed by atoms with Crippen LogP contribution in [0, 0.1) is 5.92 Å². The van der Waals surface area contributed by atoms with Crippen LogP contribution in [0.25, 0.3) is 10.9 Å². The van der Waals surface area contributed by atoms with Crippen LogP contribution in [0.5, 0.6) is 0 Å². The Morgan fingerprint density at radius 1 is 1.20 bits per heavy atom. The minimum Gasteiger partial charge on any atom is -0.329 e. The summed E-state index contributed by atoms with van der Waals surface area (Å²) < 4.78 is 39.1. The van der Waals surface area contributed by atoms with Gasteiger partial charge in [0.25, 0.3) is 5.91 Å². The molecule has 6 heteroatoms. The van der Waals surface area contributed by atoms with Crippen molar-refractivity contribution in [2.75, 3.05) is 13.1 Å². The Kier molecular flexibility index (Phi) is 5.06. The number of alkyl halides is 3. The van der Waals surface area contributed by atoms with Crippen molar-refractivity contribution in [2.45, 2.75) is 25.4 Å². The second kappa shape index (κ2) is 7.25. The first kappa shape index (κ1) is 17.5. The molecule has 0 aliphatic heterocycles. The Labute approximate surface area is 144 Å². The Morgan fingerprint density at radius 2 is 2.00 bits per heavy atom. The lowest BCUT2D eigenvalue weighted by Gasteiger charge is -2.29. The first-order valence-corrected chi connectivity index (χ1v) is 8.29. The van der Waals surface area contributed by atoms with E-state index in [1.165, 1.54) is 0 Å². The highest BCUT2D eigenvalue weighted by Crippen LogP contribution is 2.25. The number of nitrogens with zero attached hydrogens (tertiary/aromatic N) is 2. The highest BCUT2D eigenvalue weighted by Gasteiger charge is 2.34. The number of amides is 1. The van der Waals surface area contributed by atoms with E-state index in [1.54, 1.807) is 36.5 Å². The molecule has 2 aromatic rings. The van der Waals surface area contributed by atoms with Gasteiger partial charge in [-0.25, -0.2) is 0 Å². The topological polar surface area (TPSA) is 33.2 Å². The lowest BCUT2D eigenvalue weighted by molar-refractivity contribution is -0.141. The van der Waals surface area contributed by atoms with Crippen molar-refractivity contribution in [3.63, 3.8) is 0 Å². The molecule has 1 aromatic carbocycles. The average Bonchev–Trinajstić information content (AvgIpc) is 2.60. The van der Waals surface area contributed by atoms with Gasteiger partial charge in [-0.3, -0.25) is 9.78 Å². The first-order valence-electron chi connectivity index (χ1n) is 8.29. The molecule has 3 nitrogen and oxygen atoms in total. The normalized spacial score (nSPS) is 17.6. The van der Waals surface area contributed by atoms with E-state index >= 15 is 0 Å². The molecular formula is C19H19F3N2O. The van der Waals surface area contributed by atoms with Crippen molar-refractivity contribution < 1.29 is 18.0 Å². The van der Waals surface area contributed by atoms with Gasteiger partial charge in [0.15, 0.2) is 0 Å². The molecule has 1 aliphatic rings. The van der Waals surface area contributed by atoms with Crippen molar-refractivity contribution in [2.24, 2.45) is 5.92 Å². The van der Waals surface area contributed by atoms with Crippen LogP contribution in [0.15, 0.2) is 48.7 Å². The summed E-state index contributed by atoms with van der Waals surface area (Å²) in [5.41, 5.74) is 0.652. The molecular weight excluding hydrogens is 329 g/mol. The number of benzene rings is 1. The number of carbonyl (C=O) groups excluding carboxylic acids is 1. The summed E-state index contributed by atoms with van der Waals surface area (Å²) in [6.07, 6.45) is 3.46. The largest absolute Gasteiger partial charge is 0.406 e. The van der Waals surface area contributed by atoms with Gasteiger partial charge in [0.2, 0.25) is 0 Å². The lowest BCUT2D eigenvalue weighted by atomic mass is 9.93. The summed E-state index contributed by atoms with van der Waals surface area (Å²) >= 11 is 0. The van der Waals surface area contributed by atoms with Gasteiger partial charge in [0, 0.05) is 18.1 Å². The molecule has 1 heterocycles. The average molecular weight is 348 g/mol. The molecule has 1 aromatic heterocycles. The summed E-state index contributed by atoms with van der Waals surface area (Å²) in [6.45, 7) is -1.14. The first-order chi connectivity index (χ1) is 11.9. The van der Waals surface area contributed by atoms with E-state index in [0.717, 1.165) is 23.1 Å². The molecule has 132 valence electrons. The van der Waals surface area contributed by atoms with Gasteiger partial charge in [-0.2, -0.15) is 13.2 Å². The fraction of sp³-hybridized carbons (Fsp3) is 0.368. The Balaban J connectivity index is 1.90. The highest BCUT2D eigenvalue weighted by atomic mass is 19.4. The van der Waals surface area contributed by atoms with E-state index in [-0.39, 0.29) is 18.0 Å². The van der Waals surface area contributed by atoms with Gasteiger partial charge >= 0.3 is 6.18 Å². The zero-order valence-corrected chi connectivity index (χ0v) is 13.7. The van der Waals surface area contributed by atoms with Gasteiger partial charge in [-0.15, -0.1) is 0 Å². The molecule has 0 spiro atoms. The van der Waals surface area contributed by atoms with Crippen LogP contribution >= 0.6 is 0 Å². The molecule has 0 bridgehead atoms. The number of aromatic nitrogens is 1. The number of pyridine rings is 1. The summed E-state index contributed by atoms with van der Waals surface area (Å²) in [6, 6.07) is 8.53. The van der Waals surface area contributed by atoms with Crippen LogP contribution in [-0.4, -0.2) is 35.1 Å². The van der Waals surface area contributed by atoms with E-state index in [9.17, 15) is 18.0 Å². The van der Waals surface area contributed by atoms with Crippen LogP contribution in [0.3, 0.4) is 0 Å². The summed E-state index contributed by atoms with van der Waals surface area (Å²) in [5.74, 6) is -0.560. The van der Waals surface area contributed by atoms with Gasteiger partial charge in [-0.05, 0) is 37.3 Å². The Hall–Kier alpha value is -2.37. The maximum atomic E-state index is 13.0. The summed E-state index contributed by atoms with van der Waals surface area (Å²) in [4.78, 5) is 18.0. The number of rotatable bonds is 4. The van der Waals surface area contributed by atoms with Crippen molar-refractivity contribution in [3.05, 3.63) is 54.2 Å². The molecule has 0 N–H and O–H groups in total. The van der Waals surface area contributed by atoms with Crippen LogP contribution in [0.4, 0.5) is 13.2 Å². The third-order valence-corrected chi connectivity index (χ3v) is 4.38. The third-order valence-electron chi connectivity index (χ3n) is 4.38. The fourth-order valence-electron chi connectivity index (χ4n) is 3.22. The van der Waals surface area contributed by atoms with Gasteiger partial charge in [-0.1, -0.05) is 30.4 Å². The highest BCUT2D eigenvalue weighted by molar-refractivity contribution is 6.05. The molecule has 0 fully saturated rings. The van der Waals surface area contributed by atoms with Crippen molar-refractivity contribution in [3.8, 4) is 0 Å². The predicted molar refractivity (Wildman–Crippen MR) is 90.2 cm³/mol. The number of carbonyl (C=O) groups is 1. The van der Waals surface area contributed by atoms with Gasteiger partial charge in [0.05, 0.1) is 11.1 Å². The molecule has 1 aliphatic carbocycles. The monoisotopic (exact) mass is 348 g/mol. The Bertz CT molecular complexity index is 780. The smallest absolute Gasteiger partial charge is 0.329 e. The minimum absolute atomic E-state index is 0.0548. The molecule has 0 unspecified atom stereocenters. The zero-order chi connectivity index (χ0) is 17.9. The molecule has 3 rings (SSSR count). The van der Waals surface area contributed by atoms with Crippen molar-refractivity contribution in [1.29, 1.82) is 0 Å². The van der Waals surface area contributed by atoms with Gasteiger partial charge < -0.3 is 4.90 Å². The number of allylic oxidation sites excluding steroid dienone is 2. The lowest BCUT2D eigenvalue weighted by Crippen LogP contribution is -2.42. The number of para-hydroxylation sites is 1. The van der Waals surface area contributed by atoms with Crippen LogP contribution in [0.1, 0.15) is 29.6 Å². The van der Waals surface area contributed by atoms with E-state index in [2.05, 4.69) is 4.98 Å². The van der Waals surface area contributed by atoms with Crippen LogP contribution in [0.2, 0.25) is 0 Å². The maximum Gasteiger partial charge on any atom is 0.406 e. The summed E-state index contributed by atoms with van der Waals surface area (Å²) in [5, 5.41) is 0.737. The van der Waals surface area contributed by atoms with Crippen LogP contribution in [-0.2, 0) is 0 Å². The molecule has 0 saturated heterocycles. The van der Waals surface area contributed by atoms with E-state index in [4.69, 9.17) is 0 Å². The van der Waals surface area contributed by atoms with Gasteiger partial charge in [0.1, 0.15) is 6.54 Å². The zero-order valence-electron chi connectivity index (χ0n) is 13.7. The molecule has 1 atom stereocenters. The molecule has 0 radical (unpaired) electrons. The minimum atomic E-state index is -4.43. The van der Waals surface area contributed by atoms with Crippen LogP contribution < -0.4 is 0 Å². The number of hydrogen-bond donors (Lipinski definition) is 0. The fourth-order valence-corrected chi connectivity index (χ4v) is 3.22. The quantitative estimate of drug-likeness (QED) is 0.757. The Morgan fingerprint density at radius 3 is 2.72 bits per heavy atom. The molecule has 1 amide bonds. The second-order valence-electron chi connectivity index (χ2n) is 6.33. The van der Waals surface area contributed by atoms with E-state index < -0.39 is 18.6 Å². The standard InChI is InChI=1S/C19H19F3N2O/c20-19(21,22)13-24(12-14-6-2-1-3-7-14)18(25)16-10-4-8-15-9-5-11-23-17(15)16/h1-2,4-5,8-11,14H,3,6-7,12-13H2/t14-/m0/s1. The predicted octanol–water partition coefficient (Wildman–Crippen LogP) is 4.60. The molecule has 25 heavy (non-hydrogen) atoms. The third kappa shape index (κ3) is 4.38. The summed E-state index contributed by atoms with van der Waals surface area (Å²) in [7, 11) is 0. The number of fused-ring (bicyclic) bond motifs is 1. The van der Waals surface area contributed by atoms with E-state index in [1.807, 2.05) is 12.2 Å².